The van der Waals surface area contributed by atoms with E-state index in [-0.39, 0.29) is 0 Å². The molecule has 102 valence electrons. The number of benzene rings is 1. The molecule has 1 N–H and O–H groups in total. The Morgan fingerprint density at radius 2 is 1.83 bits per heavy atom. The molecule has 0 fully saturated rings. The molecule has 1 unspecified atom stereocenters. The van der Waals surface area contributed by atoms with E-state index in [0.29, 0.717) is 5.92 Å². The molecule has 0 bridgehead atoms. The number of nitrogens with one attached hydrogen (secondary N) is 1. The highest BCUT2D eigenvalue weighted by Crippen LogP contribution is 2.24. The molecule has 1 heteroatoms. The van der Waals surface area contributed by atoms with Crippen molar-refractivity contribution < 1.29 is 0 Å². The maximum Gasteiger partial charge on any atom is 0.00202 e. The molecule has 0 aliphatic heterocycles. The van der Waals surface area contributed by atoms with Gasteiger partial charge in [0.05, 0.1) is 0 Å². The standard InChI is InChI=1S/C17H29N/c1-4-6-7-11-16(14-18-13-5-2)17-12-9-8-10-15(17)3/h8-10,12,16,18H,4-7,11,13-14H2,1-3H3. The molecule has 0 aromatic heterocycles. The Bertz CT molecular complexity index is 309. The average Bonchev–Trinajstić information content (AvgIpc) is 2.38. The molecule has 18 heavy (non-hydrogen) atoms. The molecule has 1 aromatic rings. The van der Waals surface area contributed by atoms with Crippen LogP contribution in [0.1, 0.15) is 63.0 Å². The Morgan fingerprint density at radius 3 is 2.50 bits per heavy atom. The third kappa shape index (κ3) is 5.22. The van der Waals surface area contributed by atoms with Crippen molar-refractivity contribution in [2.75, 3.05) is 13.1 Å². The van der Waals surface area contributed by atoms with Crippen LogP contribution in [0.5, 0.6) is 0 Å². The van der Waals surface area contributed by atoms with Crippen molar-refractivity contribution in [3.63, 3.8) is 0 Å². The zero-order valence-corrected chi connectivity index (χ0v) is 12.3. The molecule has 0 heterocycles. The van der Waals surface area contributed by atoms with Crippen molar-refractivity contribution in [2.24, 2.45) is 0 Å². The molecule has 0 aliphatic carbocycles. The van der Waals surface area contributed by atoms with E-state index in [1.807, 2.05) is 0 Å². The molecule has 0 radical (unpaired) electrons. The quantitative estimate of drug-likeness (QED) is 0.626. The van der Waals surface area contributed by atoms with Gasteiger partial charge in [0, 0.05) is 6.54 Å². The molecule has 0 spiro atoms. The van der Waals surface area contributed by atoms with E-state index in [9.17, 15) is 0 Å². The monoisotopic (exact) mass is 247 g/mol. The van der Waals surface area contributed by atoms with Gasteiger partial charge in [0.2, 0.25) is 0 Å². The Balaban J connectivity index is 2.60. The minimum Gasteiger partial charge on any atom is -0.316 e. The van der Waals surface area contributed by atoms with Crippen LogP contribution in [0.15, 0.2) is 24.3 Å². The highest BCUT2D eigenvalue weighted by Gasteiger charge is 2.12. The van der Waals surface area contributed by atoms with Gasteiger partial charge in [0.15, 0.2) is 0 Å². The van der Waals surface area contributed by atoms with E-state index in [4.69, 9.17) is 0 Å². The van der Waals surface area contributed by atoms with Gasteiger partial charge in [-0.1, -0.05) is 57.4 Å². The van der Waals surface area contributed by atoms with Crippen LogP contribution in [0.2, 0.25) is 0 Å². The Morgan fingerprint density at radius 1 is 1.06 bits per heavy atom. The van der Waals surface area contributed by atoms with Gasteiger partial charge in [-0.25, -0.2) is 0 Å². The molecule has 0 amide bonds. The van der Waals surface area contributed by atoms with Crippen LogP contribution in [-0.4, -0.2) is 13.1 Å². The summed E-state index contributed by atoms with van der Waals surface area (Å²) in [7, 11) is 0. The molecule has 0 aliphatic rings. The van der Waals surface area contributed by atoms with Gasteiger partial charge in [-0.2, -0.15) is 0 Å². The fourth-order valence-electron chi connectivity index (χ4n) is 2.51. The average molecular weight is 247 g/mol. The summed E-state index contributed by atoms with van der Waals surface area (Å²) in [5.74, 6) is 0.685. The largest absolute Gasteiger partial charge is 0.316 e. The first-order chi connectivity index (χ1) is 8.79. The summed E-state index contributed by atoms with van der Waals surface area (Å²) in [6.07, 6.45) is 6.55. The first-order valence-corrected chi connectivity index (χ1v) is 7.55. The van der Waals surface area contributed by atoms with Crippen LogP contribution in [0.4, 0.5) is 0 Å². The summed E-state index contributed by atoms with van der Waals surface area (Å²) in [5.41, 5.74) is 2.98. The maximum atomic E-state index is 3.59. The molecule has 1 nitrogen and oxygen atoms in total. The first-order valence-electron chi connectivity index (χ1n) is 7.55. The number of rotatable bonds is 9. The van der Waals surface area contributed by atoms with Crippen LogP contribution in [0.3, 0.4) is 0 Å². The van der Waals surface area contributed by atoms with Crippen LogP contribution in [-0.2, 0) is 0 Å². The fraction of sp³-hybridized carbons (Fsp3) is 0.647. The zero-order chi connectivity index (χ0) is 13.2. The number of unbranched alkanes of at least 4 members (excludes halogenated alkanes) is 2. The third-order valence-electron chi connectivity index (χ3n) is 3.60. The lowest BCUT2D eigenvalue weighted by Gasteiger charge is -2.20. The summed E-state index contributed by atoms with van der Waals surface area (Å²) >= 11 is 0. The van der Waals surface area contributed by atoms with E-state index in [1.165, 1.54) is 43.2 Å². The van der Waals surface area contributed by atoms with E-state index in [1.54, 1.807) is 0 Å². The van der Waals surface area contributed by atoms with Crippen molar-refractivity contribution in [3.05, 3.63) is 35.4 Å². The highest BCUT2D eigenvalue weighted by atomic mass is 14.8. The first kappa shape index (κ1) is 15.2. The van der Waals surface area contributed by atoms with Crippen LogP contribution in [0, 0.1) is 6.92 Å². The maximum absolute atomic E-state index is 3.59. The zero-order valence-electron chi connectivity index (χ0n) is 12.3. The minimum atomic E-state index is 0.685. The molecular weight excluding hydrogens is 218 g/mol. The second-order valence-corrected chi connectivity index (χ2v) is 5.25. The minimum absolute atomic E-state index is 0.685. The second kappa shape index (κ2) is 9.16. The molecular formula is C17H29N. The molecule has 1 aromatic carbocycles. The number of aryl methyl sites for hydroxylation is 1. The summed E-state index contributed by atoms with van der Waals surface area (Å²) in [5, 5.41) is 3.59. The van der Waals surface area contributed by atoms with Gasteiger partial charge in [0.1, 0.15) is 0 Å². The lowest BCUT2D eigenvalue weighted by Crippen LogP contribution is -2.23. The Labute approximate surface area is 113 Å². The summed E-state index contributed by atoms with van der Waals surface area (Å²) in [6, 6.07) is 8.86. The lowest BCUT2D eigenvalue weighted by atomic mass is 9.90. The van der Waals surface area contributed by atoms with Crippen LogP contribution in [0.25, 0.3) is 0 Å². The van der Waals surface area contributed by atoms with Crippen LogP contribution >= 0.6 is 0 Å². The summed E-state index contributed by atoms with van der Waals surface area (Å²) in [4.78, 5) is 0. The van der Waals surface area contributed by atoms with Crippen molar-refractivity contribution in [1.29, 1.82) is 0 Å². The van der Waals surface area contributed by atoms with E-state index in [0.717, 1.165) is 13.1 Å². The smallest absolute Gasteiger partial charge is 0.00202 e. The van der Waals surface area contributed by atoms with Gasteiger partial charge in [-0.15, -0.1) is 0 Å². The predicted octanol–water partition coefficient (Wildman–Crippen LogP) is 4.66. The van der Waals surface area contributed by atoms with E-state index >= 15 is 0 Å². The van der Waals surface area contributed by atoms with E-state index in [2.05, 4.69) is 50.4 Å². The SMILES string of the molecule is CCCCCC(CNCCC)c1ccccc1C. The molecule has 0 saturated carbocycles. The molecule has 1 rings (SSSR count). The van der Waals surface area contributed by atoms with Crippen molar-refractivity contribution in [1.82, 2.24) is 5.32 Å². The van der Waals surface area contributed by atoms with Crippen molar-refractivity contribution in [3.8, 4) is 0 Å². The number of hydrogen-bond acceptors (Lipinski definition) is 1. The van der Waals surface area contributed by atoms with Gasteiger partial charge in [-0.3, -0.25) is 0 Å². The van der Waals surface area contributed by atoms with Gasteiger partial charge in [0.25, 0.3) is 0 Å². The fourth-order valence-corrected chi connectivity index (χ4v) is 2.51. The second-order valence-electron chi connectivity index (χ2n) is 5.25. The van der Waals surface area contributed by atoms with Crippen molar-refractivity contribution in [2.45, 2.75) is 58.8 Å². The normalized spacial score (nSPS) is 12.6. The van der Waals surface area contributed by atoms with Crippen molar-refractivity contribution >= 4 is 0 Å². The van der Waals surface area contributed by atoms with Gasteiger partial charge >= 0.3 is 0 Å². The molecule has 0 saturated heterocycles. The topological polar surface area (TPSA) is 12.0 Å². The third-order valence-corrected chi connectivity index (χ3v) is 3.60. The summed E-state index contributed by atoms with van der Waals surface area (Å²) < 4.78 is 0. The van der Waals surface area contributed by atoms with Crippen LogP contribution < -0.4 is 5.32 Å². The molecule has 1 atom stereocenters. The summed E-state index contributed by atoms with van der Waals surface area (Å²) in [6.45, 7) is 9.01. The predicted molar refractivity (Wildman–Crippen MR) is 81.2 cm³/mol. The lowest BCUT2D eigenvalue weighted by molar-refractivity contribution is 0.518. The van der Waals surface area contributed by atoms with Gasteiger partial charge < -0.3 is 5.32 Å². The highest BCUT2D eigenvalue weighted by molar-refractivity contribution is 5.29. The number of hydrogen-bond donors (Lipinski definition) is 1. The Hall–Kier alpha value is -0.820. The van der Waals surface area contributed by atoms with Gasteiger partial charge in [-0.05, 0) is 43.4 Å². The van der Waals surface area contributed by atoms with E-state index < -0.39 is 0 Å². The Kier molecular flexibility index (Phi) is 7.75.